The van der Waals surface area contributed by atoms with Crippen LogP contribution in [0.25, 0.3) is 0 Å². The zero-order chi connectivity index (χ0) is 15.0. The second-order valence-electron chi connectivity index (χ2n) is 5.03. The largest absolute Gasteiger partial charge is 0.508 e. The zero-order valence-corrected chi connectivity index (χ0v) is 11.1. The Bertz CT molecular complexity index is 715. The smallest absolute Gasteiger partial charge is 0.257 e. The highest BCUT2D eigenvalue weighted by Crippen LogP contribution is 2.25. The molecule has 0 radical (unpaired) electrons. The van der Waals surface area contributed by atoms with Crippen LogP contribution in [0.5, 0.6) is 5.75 Å². The quantitative estimate of drug-likeness (QED) is 0.877. The summed E-state index contributed by atoms with van der Waals surface area (Å²) in [5, 5.41) is 9.50. The second-order valence-corrected chi connectivity index (χ2v) is 5.03. The van der Waals surface area contributed by atoms with Crippen molar-refractivity contribution in [2.24, 2.45) is 0 Å². The van der Waals surface area contributed by atoms with Gasteiger partial charge in [-0.05, 0) is 41.8 Å². The van der Waals surface area contributed by atoms with Crippen LogP contribution in [0.1, 0.15) is 21.5 Å². The molecule has 1 N–H and O–H groups in total. The third-order valence-electron chi connectivity index (χ3n) is 3.67. The van der Waals surface area contributed by atoms with Crippen molar-refractivity contribution in [3.05, 3.63) is 64.7 Å². The van der Waals surface area contributed by atoms with Gasteiger partial charge < -0.3 is 10.0 Å². The fourth-order valence-corrected chi connectivity index (χ4v) is 2.56. The molecule has 1 amide bonds. The van der Waals surface area contributed by atoms with Crippen molar-refractivity contribution in [2.45, 2.75) is 13.0 Å². The molecular weight excluding hydrogens is 276 g/mol. The van der Waals surface area contributed by atoms with E-state index in [1.54, 1.807) is 12.1 Å². The third-order valence-corrected chi connectivity index (χ3v) is 3.67. The highest BCUT2D eigenvalue weighted by Gasteiger charge is 2.25. The van der Waals surface area contributed by atoms with Gasteiger partial charge in [0.1, 0.15) is 5.75 Å². The average Bonchev–Trinajstić information content (AvgIpc) is 2.48. The van der Waals surface area contributed by atoms with E-state index in [-0.39, 0.29) is 17.9 Å². The summed E-state index contributed by atoms with van der Waals surface area (Å²) in [4.78, 5) is 13.8. The van der Waals surface area contributed by atoms with Gasteiger partial charge in [-0.25, -0.2) is 8.78 Å². The van der Waals surface area contributed by atoms with E-state index in [0.717, 1.165) is 17.2 Å². The van der Waals surface area contributed by atoms with Crippen LogP contribution in [-0.2, 0) is 13.0 Å². The lowest BCUT2D eigenvalue weighted by atomic mass is 9.99. The second kappa shape index (κ2) is 5.16. The first kappa shape index (κ1) is 13.5. The Morgan fingerprint density at radius 3 is 2.76 bits per heavy atom. The number of benzene rings is 2. The maximum Gasteiger partial charge on any atom is 0.257 e. The van der Waals surface area contributed by atoms with Gasteiger partial charge >= 0.3 is 0 Å². The molecule has 0 spiro atoms. The molecule has 0 saturated heterocycles. The predicted molar refractivity (Wildman–Crippen MR) is 72.9 cm³/mol. The number of aromatic hydroxyl groups is 1. The summed E-state index contributed by atoms with van der Waals surface area (Å²) in [6.45, 7) is 0.713. The summed E-state index contributed by atoms with van der Waals surface area (Å²) in [6.07, 6.45) is 0.623. The summed E-state index contributed by atoms with van der Waals surface area (Å²) in [6, 6.07) is 8.58. The highest BCUT2D eigenvalue weighted by molar-refractivity contribution is 5.94. The monoisotopic (exact) mass is 289 g/mol. The van der Waals surface area contributed by atoms with E-state index in [1.165, 1.54) is 17.0 Å². The molecule has 2 aromatic rings. The first-order chi connectivity index (χ1) is 10.1. The van der Waals surface area contributed by atoms with E-state index in [2.05, 4.69) is 0 Å². The van der Waals surface area contributed by atoms with Crippen LogP contribution in [0.4, 0.5) is 8.78 Å². The molecule has 0 unspecified atom stereocenters. The summed E-state index contributed by atoms with van der Waals surface area (Å²) in [7, 11) is 0. The minimum absolute atomic E-state index is 0.125. The van der Waals surface area contributed by atoms with Crippen molar-refractivity contribution in [3.8, 4) is 5.75 Å². The van der Waals surface area contributed by atoms with Crippen LogP contribution < -0.4 is 0 Å². The lowest BCUT2D eigenvalue weighted by Gasteiger charge is -2.29. The number of carbonyl (C=O) groups is 1. The van der Waals surface area contributed by atoms with Gasteiger partial charge in [0.2, 0.25) is 0 Å². The number of carbonyl (C=O) groups excluding carboxylic acids is 1. The Morgan fingerprint density at radius 1 is 1.14 bits per heavy atom. The fourth-order valence-electron chi connectivity index (χ4n) is 2.56. The minimum atomic E-state index is -1.12. The third kappa shape index (κ3) is 2.46. The summed E-state index contributed by atoms with van der Waals surface area (Å²) < 4.78 is 26.9. The van der Waals surface area contributed by atoms with Crippen LogP contribution in [-0.4, -0.2) is 22.5 Å². The van der Waals surface area contributed by atoms with E-state index in [9.17, 15) is 18.7 Å². The number of nitrogens with zero attached hydrogens (tertiary/aromatic N) is 1. The Labute approximate surface area is 120 Å². The van der Waals surface area contributed by atoms with Gasteiger partial charge in [0, 0.05) is 13.1 Å². The van der Waals surface area contributed by atoms with Gasteiger partial charge in [0.25, 0.3) is 5.91 Å². The zero-order valence-electron chi connectivity index (χ0n) is 11.1. The summed E-state index contributed by atoms with van der Waals surface area (Å²) in [5.74, 6) is -2.57. The van der Waals surface area contributed by atoms with E-state index in [4.69, 9.17) is 0 Å². The first-order valence-electron chi connectivity index (χ1n) is 6.60. The SMILES string of the molecule is O=C(c1cccc(F)c1F)N1CCc2ccc(O)cc2C1. The Hall–Kier alpha value is -2.43. The van der Waals surface area contributed by atoms with Gasteiger partial charge in [-0.15, -0.1) is 0 Å². The van der Waals surface area contributed by atoms with E-state index in [0.29, 0.717) is 13.0 Å². The number of amides is 1. The van der Waals surface area contributed by atoms with E-state index in [1.807, 2.05) is 6.07 Å². The molecule has 0 aliphatic carbocycles. The molecule has 3 nitrogen and oxygen atoms in total. The van der Waals surface area contributed by atoms with Crippen molar-refractivity contribution in [2.75, 3.05) is 6.54 Å². The average molecular weight is 289 g/mol. The van der Waals surface area contributed by atoms with Crippen LogP contribution in [0.2, 0.25) is 0 Å². The van der Waals surface area contributed by atoms with Gasteiger partial charge in [-0.3, -0.25) is 4.79 Å². The van der Waals surface area contributed by atoms with E-state index < -0.39 is 17.5 Å². The Morgan fingerprint density at radius 2 is 1.95 bits per heavy atom. The van der Waals surface area contributed by atoms with E-state index >= 15 is 0 Å². The number of hydrogen-bond donors (Lipinski definition) is 1. The van der Waals surface area contributed by atoms with Crippen molar-refractivity contribution in [1.29, 1.82) is 0 Å². The molecule has 108 valence electrons. The topological polar surface area (TPSA) is 40.5 Å². The maximum atomic E-state index is 13.7. The van der Waals surface area contributed by atoms with Crippen LogP contribution in [0.15, 0.2) is 36.4 Å². The Kier molecular flexibility index (Phi) is 3.33. The fraction of sp³-hybridized carbons (Fsp3) is 0.188. The molecule has 2 aromatic carbocycles. The lowest BCUT2D eigenvalue weighted by Crippen LogP contribution is -2.36. The number of rotatable bonds is 1. The number of phenols is 1. The Balaban J connectivity index is 1.89. The van der Waals surface area contributed by atoms with Crippen LogP contribution in [0.3, 0.4) is 0 Å². The van der Waals surface area contributed by atoms with Crippen molar-refractivity contribution in [3.63, 3.8) is 0 Å². The summed E-state index contributed by atoms with van der Waals surface area (Å²) in [5.41, 5.74) is 1.61. The van der Waals surface area contributed by atoms with Crippen LogP contribution in [0, 0.1) is 11.6 Å². The minimum Gasteiger partial charge on any atom is -0.508 e. The highest BCUT2D eigenvalue weighted by atomic mass is 19.2. The first-order valence-corrected chi connectivity index (χ1v) is 6.60. The maximum absolute atomic E-state index is 13.7. The lowest BCUT2D eigenvalue weighted by molar-refractivity contribution is 0.0728. The molecule has 1 heterocycles. The molecule has 0 aromatic heterocycles. The molecule has 3 rings (SSSR count). The molecule has 21 heavy (non-hydrogen) atoms. The molecule has 0 saturated carbocycles. The normalized spacial score (nSPS) is 13.9. The van der Waals surface area contributed by atoms with Gasteiger partial charge in [0.15, 0.2) is 11.6 Å². The standard InChI is InChI=1S/C16H13F2NO2/c17-14-3-1-2-13(15(14)18)16(21)19-7-6-10-4-5-12(20)8-11(10)9-19/h1-5,8,20H,6-7,9H2. The molecule has 1 aliphatic heterocycles. The molecule has 1 aliphatic rings. The molecule has 5 heteroatoms. The van der Waals surface area contributed by atoms with Gasteiger partial charge in [-0.1, -0.05) is 12.1 Å². The number of hydrogen-bond acceptors (Lipinski definition) is 2. The van der Waals surface area contributed by atoms with Crippen molar-refractivity contribution in [1.82, 2.24) is 4.90 Å². The number of phenolic OH excluding ortho intramolecular Hbond substituents is 1. The van der Waals surface area contributed by atoms with Gasteiger partial charge in [-0.2, -0.15) is 0 Å². The summed E-state index contributed by atoms with van der Waals surface area (Å²) >= 11 is 0. The van der Waals surface area contributed by atoms with Crippen molar-refractivity contribution >= 4 is 5.91 Å². The number of fused-ring (bicyclic) bond motifs is 1. The van der Waals surface area contributed by atoms with Crippen molar-refractivity contribution < 1.29 is 18.7 Å². The molecule has 0 bridgehead atoms. The molecular formula is C16H13F2NO2. The molecule has 0 fully saturated rings. The number of halogens is 2. The van der Waals surface area contributed by atoms with Gasteiger partial charge in [0.05, 0.1) is 5.56 Å². The van der Waals surface area contributed by atoms with Crippen LogP contribution >= 0.6 is 0 Å². The predicted octanol–water partition coefficient (Wildman–Crippen LogP) is 2.87. The molecule has 0 atom stereocenters.